The number of anilines is 1. The van der Waals surface area contributed by atoms with Gasteiger partial charge in [0.25, 0.3) is 5.69 Å². The van der Waals surface area contributed by atoms with Crippen molar-refractivity contribution in [2.24, 2.45) is 10.2 Å². The number of nitrogens with zero attached hydrogens (tertiary/aromatic N) is 4. The van der Waals surface area contributed by atoms with E-state index in [0.717, 1.165) is 18.0 Å². The Hall–Kier alpha value is -4.32. The summed E-state index contributed by atoms with van der Waals surface area (Å²) in [5.41, 5.74) is 0.982. The number of esters is 1. The average Bonchev–Trinajstić information content (AvgIpc) is 2.89. The monoisotopic (exact) mass is 526 g/mol. The van der Waals surface area contributed by atoms with Crippen LogP contribution in [0.15, 0.2) is 87.9 Å². The van der Waals surface area contributed by atoms with Crippen molar-refractivity contribution >= 4 is 38.6 Å². The van der Waals surface area contributed by atoms with Gasteiger partial charge >= 0.3 is 5.97 Å². The Morgan fingerprint density at radius 1 is 1.03 bits per heavy atom. The van der Waals surface area contributed by atoms with Crippen LogP contribution in [0.1, 0.15) is 6.92 Å². The average molecular weight is 527 g/mol. The summed E-state index contributed by atoms with van der Waals surface area (Å²) in [5.74, 6) is 0.128. The fourth-order valence-electron chi connectivity index (χ4n) is 3.28. The molecule has 3 rings (SSSR count). The van der Waals surface area contributed by atoms with Crippen molar-refractivity contribution in [1.29, 1.82) is 0 Å². The Kier molecular flexibility index (Phi) is 9.27. The first-order valence-corrected chi connectivity index (χ1v) is 13.1. The Balaban J connectivity index is 1.58. The highest BCUT2D eigenvalue weighted by Gasteiger charge is 2.18. The number of nitro benzene ring substituents is 1. The quantitative estimate of drug-likeness (QED) is 0.141. The van der Waals surface area contributed by atoms with E-state index >= 15 is 0 Å². The third-order valence-electron chi connectivity index (χ3n) is 5.15. The topological polar surface area (TPSA) is 141 Å². The Labute approximate surface area is 214 Å². The molecule has 194 valence electrons. The van der Waals surface area contributed by atoms with E-state index in [2.05, 4.69) is 10.2 Å². The normalized spacial score (nSPS) is 11.3. The van der Waals surface area contributed by atoms with Gasteiger partial charge in [-0.3, -0.25) is 10.1 Å². The van der Waals surface area contributed by atoms with Crippen LogP contribution < -0.4 is 9.64 Å². The number of azo groups is 1. The second-order valence-corrected chi connectivity index (χ2v) is 9.78. The van der Waals surface area contributed by atoms with Gasteiger partial charge in [0, 0.05) is 30.6 Å². The van der Waals surface area contributed by atoms with Crippen molar-refractivity contribution in [3.05, 3.63) is 82.9 Å². The van der Waals surface area contributed by atoms with Crippen LogP contribution in [0.2, 0.25) is 0 Å². The minimum absolute atomic E-state index is 0.00502. The van der Waals surface area contributed by atoms with E-state index in [1.807, 2.05) is 42.2 Å². The van der Waals surface area contributed by atoms with Crippen molar-refractivity contribution in [3.63, 3.8) is 0 Å². The van der Waals surface area contributed by atoms with Gasteiger partial charge in [-0.1, -0.05) is 18.2 Å². The predicted molar refractivity (Wildman–Crippen MR) is 138 cm³/mol. The zero-order valence-corrected chi connectivity index (χ0v) is 21.1. The van der Waals surface area contributed by atoms with Gasteiger partial charge in [0.15, 0.2) is 16.4 Å². The largest absolute Gasteiger partial charge is 0.482 e. The maximum Gasteiger partial charge on any atom is 0.344 e. The van der Waals surface area contributed by atoms with Crippen LogP contribution in [-0.4, -0.2) is 51.9 Å². The maximum absolute atomic E-state index is 12.1. The molecule has 0 N–H and O–H groups in total. The second-order valence-electron chi connectivity index (χ2n) is 7.80. The van der Waals surface area contributed by atoms with Crippen molar-refractivity contribution in [2.75, 3.05) is 37.5 Å². The highest BCUT2D eigenvalue weighted by Crippen LogP contribution is 2.30. The molecule has 0 saturated carbocycles. The first kappa shape index (κ1) is 27.3. The molecule has 37 heavy (non-hydrogen) atoms. The zero-order valence-electron chi connectivity index (χ0n) is 20.3. The van der Waals surface area contributed by atoms with Gasteiger partial charge in [-0.05, 0) is 49.4 Å². The molecule has 0 fully saturated rings. The van der Waals surface area contributed by atoms with E-state index in [1.165, 1.54) is 12.1 Å². The Bertz CT molecular complexity index is 1360. The number of likely N-dealkylation sites (N-methyl/N-ethyl adjacent to an activating group) is 1. The standard InChI is InChI=1S/C25H26N4O7S/c1-3-28(15-16-35-25(30)18-36-22-7-5-4-6-8-22)20-11-9-19(10-12-20)26-27-23-14-13-21(29(31)32)17-24(23)37(2,33)34/h4-14,17H,3,15-16,18H2,1-2H3/b27-26+. The fraction of sp³-hybridized carbons (Fsp3) is 0.240. The van der Waals surface area contributed by atoms with Crippen LogP contribution in [-0.2, 0) is 19.4 Å². The third kappa shape index (κ3) is 8.10. The summed E-state index contributed by atoms with van der Waals surface area (Å²) in [6, 6.07) is 19.4. The lowest BCUT2D eigenvalue weighted by Crippen LogP contribution is -2.28. The van der Waals surface area contributed by atoms with Crippen molar-refractivity contribution in [3.8, 4) is 5.75 Å². The number of hydrogen-bond donors (Lipinski definition) is 0. The minimum Gasteiger partial charge on any atom is -0.482 e. The van der Waals surface area contributed by atoms with E-state index in [1.54, 1.807) is 24.3 Å². The molecule has 0 aliphatic carbocycles. The zero-order chi connectivity index (χ0) is 26.8. The predicted octanol–water partition coefficient (Wildman–Crippen LogP) is 4.86. The summed E-state index contributed by atoms with van der Waals surface area (Å²) < 4.78 is 34.7. The number of non-ortho nitro benzene ring substituents is 1. The molecule has 0 aliphatic heterocycles. The number of sulfone groups is 1. The summed E-state index contributed by atoms with van der Waals surface area (Å²) in [4.78, 5) is 24.0. The number of para-hydroxylation sites is 1. The highest BCUT2D eigenvalue weighted by molar-refractivity contribution is 7.90. The van der Waals surface area contributed by atoms with E-state index in [4.69, 9.17) is 9.47 Å². The lowest BCUT2D eigenvalue weighted by Gasteiger charge is -2.23. The number of ether oxygens (including phenoxy) is 2. The molecular formula is C25H26N4O7S. The number of benzene rings is 3. The van der Waals surface area contributed by atoms with Gasteiger partial charge < -0.3 is 14.4 Å². The molecule has 0 amide bonds. The van der Waals surface area contributed by atoms with Crippen LogP contribution >= 0.6 is 0 Å². The van der Waals surface area contributed by atoms with Crippen molar-refractivity contribution in [2.45, 2.75) is 11.8 Å². The van der Waals surface area contributed by atoms with E-state index < -0.39 is 20.7 Å². The summed E-state index contributed by atoms with van der Waals surface area (Å²) in [5, 5.41) is 19.0. The first-order valence-electron chi connectivity index (χ1n) is 11.3. The lowest BCUT2D eigenvalue weighted by atomic mass is 10.2. The number of hydrogen-bond acceptors (Lipinski definition) is 10. The van der Waals surface area contributed by atoms with Crippen LogP contribution in [0.5, 0.6) is 5.75 Å². The number of carbonyl (C=O) groups excluding carboxylic acids is 1. The van der Waals surface area contributed by atoms with Crippen LogP contribution in [0, 0.1) is 10.1 Å². The van der Waals surface area contributed by atoms with Gasteiger partial charge in [-0.2, -0.15) is 5.11 Å². The summed E-state index contributed by atoms with van der Waals surface area (Å²) in [6.45, 7) is 3.11. The molecule has 0 aromatic heterocycles. The lowest BCUT2D eigenvalue weighted by molar-refractivity contribution is -0.385. The second kappa shape index (κ2) is 12.6. The molecule has 12 heteroatoms. The molecule has 11 nitrogen and oxygen atoms in total. The van der Waals surface area contributed by atoms with Gasteiger partial charge in [0.1, 0.15) is 22.9 Å². The molecule has 0 atom stereocenters. The van der Waals surface area contributed by atoms with E-state index in [-0.39, 0.29) is 29.5 Å². The molecular weight excluding hydrogens is 500 g/mol. The van der Waals surface area contributed by atoms with E-state index in [0.29, 0.717) is 24.5 Å². The van der Waals surface area contributed by atoms with Crippen molar-refractivity contribution in [1.82, 2.24) is 0 Å². The van der Waals surface area contributed by atoms with Gasteiger partial charge in [-0.25, -0.2) is 13.2 Å². The highest BCUT2D eigenvalue weighted by atomic mass is 32.2. The summed E-state index contributed by atoms with van der Waals surface area (Å²) >= 11 is 0. The minimum atomic E-state index is -3.76. The number of rotatable bonds is 12. The Morgan fingerprint density at radius 2 is 1.73 bits per heavy atom. The Morgan fingerprint density at radius 3 is 2.35 bits per heavy atom. The molecule has 0 saturated heterocycles. The molecule has 3 aromatic rings. The van der Waals surface area contributed by atoms with Gasteiger partial charge in [0.2, 0.25) is 0 Å². The fourth-order valence-corrected chi connectivity index (χ4v) is 4.10. The number of nitro groups is 1. The summed E-state index contributed by atoms with van der Waals surface area (Å²) in [6.07, 6.45) is 0.951. The van der Waals surface area contributed by atoms with E-state index in [9.17, 15) is 23.3 Å². The maximum atomic E-state index is 12.1. The first-order chi connectivity index (χ1) is 17.7. The molecule has 0 spiro atoms. The molecule has 0 aliphatic rings. The molecule has 0 radical (unpaired) electrons. The van der Waals surface area contributed by atoms with Crippen molar-refractivity contribution < 1.29 is 27.6 Å². The third-order valence-corrected chi connectivity index (χ3v) is 6.27. The van der Waals surface area contributed by atoms with Crippen LogP contribution in [0.4, 0.5) is 22.7 Å². The summed E-state index contributed by atoms with van der Waals surface area (Å²) in [7, 11) is -3.76. The smallest absolute Gasteiger partial charge is 0.344 e. The molecule has 0 bridgehead atoms. The molecule has 0 heterocycles. The molecule has 0 unspecified atom stereocenters. The number of carbonyl (C=O) groups is 1. The van der Waals surface area contributed by atoms with Gasteiger partial charge in [0.05, 0.1) is 17.2 Å². The SMILES string of the molecule is CCN(CCOC(=O)COc1ccccc1)c1ccc(/N=N/c2ccc([N+](=O)[O-])cc2S(C)(=O)=O)cc1. The van der Waals surface area contributed by atoms with Crippen LogP contribution in [0.3, 0.4) is 0 Å². The molecule has 3 aromatic carbocycles. The van der Waals surface area contributed by atoms with Crippen LogP contribution in [0.25, 0.3) is 0 Å². The van der Waals surface area contributed by atoms with Gasteiger partial charge in [-0.15, -0.1) is 5.11 Å².